The number of hydrogen-bond donors (Lipinski definition) is 0. The highest BCUT2D eigenvalue weighted by molar-refractivity contribution is 7.91. The zero-order chi connectivity index (χ0) is 14.8. The van der Waals surface area contributed by atoms with Crippen LogP contribution in [0.3, 0.4) is 0 Å². The van der Waals surface area contributed by atoms with Gasteiger partial charge in [0.15, 0.2) is 9.84 Å². The maximum Gasteiger partial charge on any atom is 0.416 e. The molecule has 0 aromatic heterocycles. The average Bonchev–Trinajstić information content (AvgIpc) is 2.38. The second kappa shape index (κ2) is 5.71. The first-order valence-corrected chi connectivity index (χ1v) is 7.53. The molecule has 8 heteroatoms. The fourth-order valence-corrected chi connectivity index (χ4v) is 3.31. The molecule has 0 N–H and O–H groups in total. The van der Waals surface area contributed by atoms with Gasteiger partial charge in [0.05, 0.1) is 42.1 Å². The first-order valence-electron chi connectivity index (χ1n) is 5.88. The number of hydrogen-bond acceptors (Lipinski definition) is 4. The summed E-state index contributed by atoms with van der Waals surface area (Å²) in [4.78, 5) is -0.360. The molecular weight excluding hydrogens is 297 g/mol. The third-order valence-electron chi connectivity index (χ3n) is 2.81. The van der Waals surface area contributed by atoms with E-state index in [1.54, 1.807) is 0 Å². The SMILES string of the molecule is O=S(=O)(CC1COCCO1)c1cccc(C(F)(F)F)c1. The predicted octanol–water partition coefficient (Wildman–Crippen LogP) is 1.89. The number of benzene rings is 1. The van der Waals surface area contributed by atoms with E-state index in [0.717, 1.165) is 18.2 Å². The van der Waals surface area contributed by atoms with Crippen LogP contribution in [0.1, 0.15) is 5.56 Å². The van der Waals surface area contributed by atoms with Crippen LogP contribution in [-0.2, 0) is 25.5 Å². The van der Waals surface area contributed by atoms with E-state index in [2.05, 4.69) is 0 Å². The molecule has 1 aliphatic rings. The van der Waals surface area contributed by atoms with Gasteiger partial charge in [0.1, 0.15) is 0 Å². The third-order valence-corrected chi connectivity index (χ3v) is 4.59. The highest BCUT2D eigenvalue weighted by Gasteiger charge is 2.32. The number of alkyl halides is 3. The zero-order valence-corrected chi connectivity index (χ0v) is 11.2. The summed E-state index contributed by atoms with van der Waals surface area (Å²) in [6.07, 6.45) is -5.22. The quantitative estimate of drug-likeness (QED) is 0.855. The lowest BCUT2D eigenvalue weighted by molar-refractivity contribution is -0.137. The second-order valence-electron chi connectivity index (χ2n) is 4.37. The molecule has 1 atom stereocenters. The lowest BCUT2D eigenvalue weighted by Gasteiger charge is -2.22. The maximum absolute atomic E-state index is 12.6. The van der Waals surface area contributed by atoms with Gasteiger partial charge < -0.3 is 9.47 Å². The van der Waals surface area contributed by atoms with Crippen LogP contribution in [0.25, 0.3) is 0 Å². The molecule has 2 rings (SSSR count). The summed E-state index contributed by atoms with van der Waals surface area (Å²) in [5.74, 6) is -0.395. The Morgan fingerprint density at radius 3 is 2.60 bits per heavy atom. The number of rotatable bonds is 3. The van der Waals surface area contributed by atoms with Crippen LogP contribution < -0.4 is 0 Å². The van der Waals surface area contributed by atoms with Crippen molar-refractivity contribution >= 4 is 9.84 Å². The van der Waals surface area contributed by atoms with E-state index in [-0.39, 0.29) is 18.1 Å². The minimum Gasteiger partial charge on any atom is -0.376 e. The smallest absolute Gasteiger partial charge is 0.376 e. The summed E-state index contributed by atoms with van der Waals surface area (Å²) < 4.78 is 72.2. The van der Waals surface area contributed by atoms with Crippen molar-refractivity contribution in [2.24, 2.45) is 0 Å². The maximum atomic E-state index is 12.6. The normalized spacial score (nSPS) is 20.9. The van der Waals surface area contributed by atoms with Crippen LogP contribution >= 0.6 is 0 Å². The van der Waals surface area contributed by atoms with Crippen LogP contribution in [0.4, 0.5) is 13.2 Å². The molecule has 1 aromatic rings. The molecule has 0 saturated carbocycles. The van der Waals surface area contributed by atoms with Crippen LogP contribution in [0.15, 0.2) is 29.2 Å². The zero-order valence-electron chi connectivity index (χ0n) is 10.4. The Morgan fingerprint density at radius 2 is 2.00 bits per heavy atom. The van der Waals surface area contributed by atoms with E-state index in [1.165, 1.54) is 0 Å². The van der Waals surface area contributed by atoms with E-state index in [4.69, 9.17) is 9.47 Å². The average molecular weight is 310 g/mol. The van der Waals surface area contributed by atoms with Gasteiger partial charge in [-0.15, -0.1) is 0 Å². The van der Waals surface area contributed by atoms with Crippen LogP contribution in [0, 0.1) is 0 Å². The van der Waals surface area contributed by atoms with Gasteiger partial charge in [-0.3, -0.25) is 0 Å². The van der Waals surface area contributed by atoms with Crippen LogP contribution in [-0.4, -0.2) is 40.1 Å². The fraction of sp³-hybridized carbons (Fsp3) is 0.500. The number of halogens is 3. The molecule has 1 aliphatic heterocycles. The largest absolute Gasteiger partial charge is 0.416 e. The molecule has 4 nitrogen and oxygen atoms in total. The first kappa shape index (κ1) is 15.3. The van der Waals surface area contributed by atoms with E-state index in [0.29, 0.717) is 12.7 Å². The van der Waals surface area contributed by atoms with E-state index in [9.17, 15) is 21.6 Å². The molecule has 0 radical (unpaired) electrons. The van der Waals surface area contributed by atoms with Crippen molar-refractivity contribution < 1.29 is 31.1 Å². The van der Waals surface area contributed by atoms with Gasteiger partial charge in [0.2, 0.25) is 0 Å². The molecule has 1 saturated heterocycles. The monoisotopic (exact) mass is 310 g/mol. The molecule has 0 amide bonds. The Bertz CT molecular complexity index is 562. The van der Waals surface area contributed by atoms with Crippen molar-refractivity contribution in [2.75, 3.05) is 25.6 Å². The standard InChI is InChI=1S/C12H13F3O4S/c13-12(14,15)9-2-1-3-11(6-9)20(16,17)8-10-7-18-4-5-19-10/h1-3,6,10H,4-5,7-8H2. The topological polar surface area (TPSA) is 52.6 Å². The molecule has 0 bridgehead atoms. The molecule has 0 spiro atoms. The van der Waals surface area contributed by atoms with Gasteiger partial charge >= 0.3 is 6.18 Å². The fourth-order valence-electron chi connectivity index (χ4n) is 1.84. The van der Waals surface area contributed by atoms with Gasteiger partial charge in [-0.25, -0.2) is 8.42 Å². The van der Waals surface area contributed by atoms with Crippen molar-refractivity contribution in [3.63, 3.8) is 0 Å². The lowest BCUT2D eigenvalue weighted by atomic mass is 10.2. The Kier molecular flexibility index (Phi) is 4.36. The summed E-state index contributed by atoms with van der Waals surface area (Å²) in [7, 11) is -3.85. The highest BCUT2D eigenvalue weighted by atomic mass is 32.2. The molecule has 0 aliphatic carbocycles. The van der Waals surface area contributed by atoms with Crippen molar-refractivity contribution in [1.29, 1.82) is 0 Å². The van der Waals surface area contributed by atoms with Gasteiger partial charge in [0.25, 0.3) is 0 Å². The Labute approximate surface area is 114 Å². The Balaban J connectivity index is 2.20. The Hall–Kier alpha value is -1.12. The predicted molar refractivity (Wildman–Crippen MR) is 64.1 cm³/mol. The summed E-state index contributed by atoms with van der Waals surface area (Å²) >= 11 is 0. The van der Waals surface area contributed by atoms with Crippen molar-refractivity contribution in [1.82, 2.24) is 0 Å². The van der Waals surface area contributed by atoms with E-state index >= 15 is 0 Å². The molecule has 1 unspecified atom stereocenters. The van der Waals surface area contributed by atoms with E-state index < -0.39 is 33.4 Å². The number of sulfone groups is 1. The molecule has 112 valence electrons. The first-order chi connectivity index (χ1) is 9.29. The van der Waals surface area contributed by atoms with Gasteiger partial charge in [-0.2, -0.15) is 13.2 Å². The molecule has 1 aromatic carbocycles. The van der Waals surface area contributed by atoms with Crippen LogP contribution in [0.5, 0.6) is 0 Å². The van der Waals surface area contributed by atoms with Crippen LogP contribution in [0.2, 0.25) is 0 Å². The van der Waals surface area contributed by atoms with Gasteiger partial charge in [-0.05, 0) is 18.2 Å². The number of ether oxygens (including phenoxy) is 2. The lowest BCUT2D eigenvalue weighted by Crippen LogP contribution is -2.34. The van der Waals surface area contributed by atoms with Crippen molar-refractivity contribution in [2.45, 2.75) is 17.2 Å². The van der Waals surface area contributed by atoms with Crippen molar-refractivity contribution in [3.8, 4) is 0 Å². The third kappa shape index (κ3) is 3.71. The van der Waals surface area contributed by atoms with Crippen molar-refractivity contribution in [3.05, 3.63) is 29.8 Å². The molecule has 1 heterocycles. The minimum absolute atomic E-state index is 0.123. The Morgan fingerprint density at radius 1 is 1.25 bits per heavy atom. The summed E-state index contributed by atoms with van der Waals surface area (Å²) in [5, 5.41) is 0. The summed E-state index contributed by atoms with van der Waals surface area (Å²) in [6.45, 7) is 0.793. The van der Waals surface area contributed by atoms with Gasteiger partial charge in [0, 0.05) is 0 Å². The van der Waals surface area contributed by atoms with E-state index in [1.807, 2.05) is 0 Å². The molecule has 1 fully saturated rings. The molecule has 20 heavy (non-hydrogen) atoms. The second-order valence-corrected chi connectivity index (χ2v) is 6.41. The van der Waals surface area contributed by atoms with Gasteiger partial charge in [-0.1, -0.05) is 6.07 Å². The minimum atomic E-state index is -4.57. The highest BCUT2D eigenvalue weighted by Crippen LogP contribution is 2.30. The summed E-state index contributed by atoms with van der Waals surface area (Å²) in [6, 6.07) is 3.69. The molecular formula is C12H13F3O4S. The summed E-state index contributed by atoms with van der Waals surface area (Å²) in [5.41, 5.74) is -0.987.